The number of thiazole rings is 1. The first kappa shape index (κ1) is 16.1. The Bertz CT molecular complexity index is 1040. The van der Waals surface area contributed by atoms with Crippen LogP contribution in [0.5, 0.6) is 0 Å². The number of thiophene rings is 1. The van der Waals surface area contributed by atoms with Crippen molar-refractivity contribution >= 4 is 28.4 Å². The quantitative estimate of drug-likeness (QED) is 0.451. The highest BCUT2D eigenvalue weighted by molar-refractivity contribution is 7.14. The fourth-order valence-electron chi connectivity index (χ4n) is 2.70. The van der Waals surface area contributed by atoms with Crippen molar-refractivity contribution in [3.05, 3.63) is 81.2 Å². The molecule has 0 aliphatic carbocycles. The Labute approximate surface area is 154 Å². The van der Waals surface area contributed by atoms with Gasteiger partial charge in [0.05, 0.1) is 29.1 Å². The molecule has 0 atom stereocenters. The average Bonchev–Trinajstić information content (AvgIpc) is 3.34. The van der Waals surface area contributed by atoms with Crippen molar-refractivity contribution in [3.8, 4) is 10.6 Å². The van der Waals surface area contributed by atoms with Crippen LogP contribution in [0.1, 0.15) is 16.9 Å². The number of benzene rings is 1. The molecule has 0 saturated carbocycles. The zero-order valence-electron chi connectivity index (χ0n) is 14.1. The van der Waals surface area contributed by atoms with E-state index >= 15 is 0 Å². The minimum atomic E-state index is 0.674. The van der Waals surface area contributed by atoms with Crippen LogP contribution in [-0.2, 0) is 6.54 Å². The van der Waals surface area contributed by atoms with Crippen LogP contribution in [0.25, 0.3) is 10.6 Å². The largest absolute Gasteiger partial charge is 0.467 e. The third-order valence-corrected chi connectivity index (χ3v) is 5.80. The number of rotatable bonds is 4. The van der Waals surface area contributed by atoms with Crippen molar-refractivity contribution in [1.29, 1.82) is 0 Å². The van der Waals surface area contributed by atoms with E-state index in [-0.39, 0.29) is 0 Å². The Kier molecular flexibility index (Phi) is 4.42. The number of hydrogen-bond donors (Lipinski definition) is 0. The molecule has 4 rings (SSSR count). The van der Waals surface area contributed by atoms with Crippen molar-refractivity contribution in [2.75, 3.05) is 0 Å². The van der Waals surface area contributed by atoms with Crippen LogP contribution in [0.4, 0.5) is 5.69 Å². The van der Waals surface area contributed by atoms with Gasteiger partial charge in [-0.2, -0.15) is 0 Å². The maximum Gasteiger partial charge on any atom is 0.190 e. The summed E-state index contributed by atoms with van der Waals surface area (Å²) in [5.74, 6) is 0.929. The van der Waals surface area contributed by atoms with Crippen LogP contribution in [0, 0.1) is 13.8 Å². The first-order valence-electron chi connectivity index (χ1n) is 8.07. The van der Waals surface area contributed by atoms with Crippen LogP contribution in [0.3, 0.4) is 0 Å². The molecule has 4 aromatic rings. The summed E-state index contributed by atoms with van der Waals surface area (Å²) in [6.07, 6.45) is 1.72. The van der Waals surface area contributed by atoms with E-state index in [1.165, 1.54) is 21.7 Å². The summed E-state index contributed by atoms with van der Waals surface area (Å²) in [6.45, 7) is 4.87. The third-order valence-electron chi connectivity index (χ3n) is 4.05. The van der Waals surface area contributed by atoms with Crippen LogP contribution >= 0.6 is 22.7 Å². The van der Waals surface area contributed by atoms with Crippen LogP contribution in [-0.4, -0.2) is 4.57 Å². The smallest absolute Gasteiger partial charge is 0.190 e. The molecule has 0 aliphatic rings. The Hall–Kier alpha value is -2.37. The fraction of sp³-hybridized carbons (Fsp3) is 0.150. The molecule has 0 amide bonds. The normalized spacial score (nSPS) is 12.0. The minimum Gasteiger partial charge on any atom is -0.467 e. The van der Waals surface area contributed by atoms with Gasteiger partial charge in [-0.1, -0.05) is 18.2 Å². The molecule has 0 spiro atoms. The lowest BCUT2D eigenvalue weighted by molar-refractivity contribution is 0.492. The predicted molar refractivity (Wildman–Crippen MR) is 105 cm³/mol. The minimum absolute atomic E-state index is 0.674. The fourth-order valence-corrected chi connectivity index (χ4v) is 4.43. The summed E-state index contributed by atoms with van der Waals surface area (Å²) in [5, 5.41) is 4.28. The van der Waals surface area contributed by atoms with Gasteiger partial charge in [0.25, 0.3) is 0 Å². The first-order valence-corrected chi connectivity index (χ1v) is 9.83. The molecule has 0 unspecified atom stereocenters. The van der Waals surface area contributed by atoms with Gasteiger partial charge >= 0.3 is 0 Å². The Morgan fingerprint density at radius 1 is 1.08 bits per heavy atom. The van der Waals surface area contributed by atoms with E-state index in [2.05, 4.69) is 59.5 Å². The Morgan fingerprint density at radius 2 is 2.00 bits per heavy atom. The van der Waals surface area contributed by atoms with Gasteiger partial charge in [-0.3, -0.25) is 0 Å². The van der Waals surface area contributed by atoms with E-state index < -0.39 is 0 Å². The number of hydrogen-bond acceptors (Lipinski definition) is 4. The molecular formula is C20H18N2OS2. The molecule has 3 aromatic heterocycles. The number of furan rings is 1. The highest BCUT2D eigenvalue weighted by Crippen LogP contribution is 2.27. The summed E-state index contributed by atoms with van der Waals surface area (Å²) in [4.78, 5) is 7.18. The van der Waals surface area contributed by atoms with Gasteiger partial charge in [-0.05, 0) is 54.6 Å². The van der Waals surface area contributed by atoms with Gasteiger partial charge in [0, 0.05) is 5.38 Å². The van der Waals surface area contributed by atoms with Gasteiger partial charge in [-0.25, -0.2) is 4.99 Å². The second-order valence-electron chi connectivity index (χ2n) is 5.95. The Balaban J connectivity index is 1.87. The second-order valence-corrected chi connectivity index (χ2v) is 7.73. The topological polar surface area (TPSA) is 30.4 Å². The summed E-state index contributed by atoms with van der Waals surface area (Å²) in [7, 11) is 0. The van der Waals surface area contributed by atoms with Crippen LogP contribution < -0.4 is 4.80 Å². The van der Waals surface area contributed by atoms with Crippen molar-refractivity contribution < 1.29 is 4.42 Å². The van der Waals surface area contributed by atoms with E-state index in [1.54, 1.807) is 28.9 Å². The van der Waals surface area contributed by atoms with E-state index in [4.69, 9.17) is 9.41 Å². The highest BCUT2D eigenvalue weighted by Gasteiger charge is 2.11. The van der Waals surface area contributed by atoms with Crippen molar-refractivity contribution in [2.24, 2.45) is 4.99 Å². The highest BCUT2D eigenvalue weighted by atomic mass is 32.1. The summed E-state index contributed by atoms with van der Waals surface area (Å²) < 4.78 is 7.81. The lowest BCUT2D eigenvalue weighted by Crippen LogP contribution is -2.16. The van der Waals surface area contributed by atoms with Gasteiger partial charge in [0.1, 0.15) is 5.76 Å². The maximum atomic E-state index is 5.57. The molecule has 25 heavy (non-hydrogen) atoms. The number of aromatic nitrogens is 1. The molecule has 0 N–H and O–H groups in total. The molecule has 1 aromatic carbocycles. The molecule has 0 saturated heterocycles. The van der Waals surface area contributed by atoms with E-state index in [0.29, 0.717) is 6.54 Å². The molecule has 0 bridgehead atoms. The maximum absolute atomic E-state index is 5.57. The zero-order chi connectivity index (χ0) is 17.2. The van der Waals surface area contributed by atoms with Crippen LogP contribution in [0.15, 0.2) is 68.9 Å². The number of aryl methyl sites for hydroxylation is 2. The molecule has 0 fully saturated rings. The summed E-state index contributed by atoms with van der Waals surface area (Å²) in [5.41, 5.74) is 4.60. The molecular weight excluding hydrogens is 348 g/mol. The predicted octanol–water partition coefficient (Wildman–Crippen LogP) is 5.77. The zero-order valence-corrected chi connectivity index (χ0v) is 15.7. The summed E-state index contributed by atoms with van der Waals surface area (Å²) in [6, 6.07) is 14.5. The SMILES string of the molecule is Cc1ccc(C)c(N=c2scc(-c3cccs3)n2Cc2ccco2)c1. The molecule has 3 nitrogen and oxygen atoms in total. The van der Waals surface area contributed by atoms with E-state index in [9.17, 15) is 0 Å². The summed E-state index contributed by atoms with van der Waals surface area (Å²) >= 11 is 3.41. The van der Waals surface area contributed by atoms with Gasteiger partial charge in [0.15, 0.2) is 4.80 Å². The third kappa shape index (κ3) is 3.38. The van der Waals surface area contributed by atoms with Crippen molar-refractivity contribution in [1.82, 2.24) is 4.57 Å². The molecule has 0 radical (unpaired) electrons. The lowest BCUT2D eigenvalue weighted by Gasteiger charge is -2.07. The Morgan fingerprint density at radius 3 is 2.76 bits per heavy atom. The van der Waals surface area contributed by atoms with E-state index in [1.807, 2.05) is 12.1 Å². The second kappa shape index (κ2) is 6.86. The lowest BCUT2D eigenvalue weighted by atomic mass is 10.1. The van der Waals surface area contributed by atoms with Crippen molar-refractivity contribution in [2.45, 2.75) is 20.4 Å². The van der Waals surface area contributed by atoms with Crippen LogP contribution in [0.2, 0.25) is 0 Å². The van der Waals surface area contributed by atoms with Gasteiger partial charge < -0.3 is 8.98 Å². The molecule has 0 aliphatic heterocycles. The molecule has 3 heterocycles. The standard InChI is InChI=1S/C20H18N2OS2/c1-14-7-8-15(2)17(11-14)21-20-22(12-16-5-3-9-23-16)18(13-25-20)19-6-4-10-24-19/h3-11,13H,12H2,1-2H3. The van der Waals surface area contributed by atoms with Crippen molar-refractivity contribution in [3.63, 3.8) is 0 Å². The first-order chi connectivity index (χ1) is 12.2. The molecule has 5 heteroatoms. The van der Waals surface area contributed by atoms with Gasteiger partial charge in [0.2, 0.25) is 0 Å². The molecule has 126 valence electrons. The number of nitrogens with zero attached hydrogens (tertiary/aromatic N) is 2. The van der Waals surface area contributed by atoms with Gasteiger partial charge in [-0.15, -0.1) is 22.7 Å². The monoisotopic (exact) mass is 366 g/mol. The average molecular weight is 367 g/mol. The van der Waals surface area contributed by atoms with E-state index in [0.717, 1.165) is 16.2 Å².